The van der Waals surface area contributed by atoms with E-state index in [0.29, 0.717) is 0 Å². The van der Waals surface area contributed by atoms with E-state index in [9.17, 15) is 0 Å². The molecule has 0 radical (unpaired) electrons. The monoisotopic (exact) mass is 529 g/mol. The van der Waals surface area contributed by atoms with Crippen molar-refractivity contribution in [1.82, 2.24) is 0 Å². The molecule has 0 amide bonds. The second kappa shape index (κ2) is 12.1. The highest BCUT2D eigenvalue weighted by atomic mass is 14.9. The van der Waals surface area contributed by atoms with E-state index >= 15 is 0 Å². The Morgan fingerprint density at radius 2 is 1.12 bits per heavy atom. The lowest BCUT2D eigenvalue weighted by Crippen LogP contribution is -2.04. The summed E-state index contributed by atoms with van der Waals surface area (Å²) in [5.41, 5.74) is 15.2. The van der Waals surface area contributed by atoms with Gasteiger partial charge in [-0.1, -0.05) is 133 Å². The molecule has 1 aliphatic carbocycles. The predicted octanol–water partition coefficient (Wildman–Crippen LogP) is 10.8. The zero-order chi connectivity index (χ0) is 28.0. The molecule has 1 heteroatoms. The van der Waals surface area contributed by atoms with Crippen molar-refractivity contribution in [2.45, 2.75) is 26.7 Å². The molecule has 0 aliphatic heterocycles. The van der Waals surface area contributed by atoms with Gasteiger partial charge in [0.05, 0.1) is 0 Å². The molecule has 41 heavy (non-hydrogen) atoms. The van der Waals surface area contributed by atoms with E-state index in [1.54, 1.807) is 0 Å². The first kappa shape index (κ1) is 26.3. The minimum Gasteiger partial charge on any atom is -0.359 e. The van der Waals surface area contributed by atoms with Crippen LogP contribution in [-0.2, 0) is 0 Å². The second-order valence-electron chi connectivity index (χ2n) is 10.7. The van der Waals surface area contributed by atoms with Crippen molar-refractivity contribution in [3.8, 4) is 11.1 Å². The Morgan fingerprint density at radius 1 is 0.561 bits per heavy atom. The van der Waals surface area contributed by atoms with Crippen LogP contribution in [0, 0.1) is 6.92 Å². The van der Waals surface area contributed by atoms with Gasteiger partial charge >= 0.3 is 0 Å². The van der Waals surface area contributed by atoms with Crippen LogP contribution in [0.4, 0.5) is 5.69 Å². The van der Waals surface area contributed by atoms with Gasteiger partial charge in [-0.3, -0.25) is 0 Å². The van der Waals surface area contributed by atoms with Gasteiger partial charge < -0.3 is 5.32 Å². The standard InChI is InChI=1S/C40H35N/c1-29-17-19-31(20-18-29)32-21-25-36(26-22-32)41-37-27-23-33(24-28-37)39-16-10-9-15-38(39)30(2)40(34-11-5-3-6-12-34)35-13-7-4-8-14-35/h3-23,25-27,41H,24,28H2,1-2H3. The molecular formula is C40H35N. The molecule has 1 aliphatic rings. The van der Waals surface area contributed by atoms with Crippen molar-refractivity contribution < 1.29 is 0 Å². The Bertz CT molecular complexity index is 1680. The normalized spacial score (nSPS) is 12.7. The fourth-order valence-corrected chi connectivity index (χ4v) is 5.68. The van der Waals surface area contributed by atoms with Crippen molar-refractivity contribution >= 4 is 22.4 Å². The molecule has 200 valence electrons. The Hall–Kier alpha value is -4.88. The number of anilines is 1. The van der Waals surface area contributed by atoms with Crippen molar-refractivity contribution in [1.29, 1.82) is 0 Å². The summed E-state index contributed by atoms with van der Waals surface area (Å²) in [6.07, 6.45) is 6.52. The van der Waals surface area contributed by atoms with E-state index < -0.39 is 0 Å². The maximum atomic E-state index is 3.65. The molecule has 0 bridgehead atoms. The van der Waals surface area contributed by atoms with Gasteiger partial charge in [0.1, 0.15) is 0 Å². The summed E-state index contributed by atoms with van der Waals surface area (Å²) >= 11 is 0. The quantitative estimate of drug-likeness (QED) is 0.207. The van der Waals surface area contributed by atoms with Gasteiger partial charge in [0.25, 0.3) is 0 Å². The third-order valence-electron chi connectivity index (χ3n) is 7.90. The van der Waals surface area contributed by atoms with E-state index in [2.05, 4.69) is 165 Å². The molecule has 5 aromatic carbocycles. The minimum absolute atomic E-state index is 0.979. The zero-order valence-electron chi connectivity index (χ0n) is 23.8. The summed E-state index contributed by atoms with van der Waals surface area (Å²) in [6, 6.07) is 47.8. The number of aryl methyl sites for hydroxylation is 1. The van der Waals surface area contributed by atoms with Gasteiger partial charge in [-0.15, -0.1) is 0 Å². The summed E-state index contributed by atoms with van der Waals surface area (Å²) in [6.45, 7) is 4.39. The molecule has 0 spiro atoms. The Kier molecular flexibility index (Phi) is 7.78. The molecule has 0 aromatic heterocycles. The van der Waals surface area contributed by atoms with Crippen LogP contribution < -0.4 is 5.32 Å². The topological polar surface area (TPSA) is 12.0 Å². The number of allylic oxidation sites excluding steroid dienone is 5. The Balaban J connectivity index is 1.28. The summed E-state index contributed by atoms with van der Waals surface area (Å²) in [7, 11) is 0. The molecular weight excluding hydrogens is 494 g/mol. The highest BCUT2D eigenvalue weighted by Crippen LogP contribution is 2.37. The van der Waals surface area contributed by atoms with Gasteiger partial charge in [-0.05, 0) is 95.0 Å². The highest BCUT2D eigenvalue weighted by Gasteiger charge is 2.16. The number of rotatable bonds is 7. The van der Waals surface area contributed by atoms with Crippen molar-refractivity contribution in [2.75, 3.05) is 5.32 Å². The molecule has 0 saturated carbocycles. The molecule has 0 unspecified atom stereocenters. The highest BCUT2D eigenvalue weighted by molar-refractivity contribution is 6.00. The fraction of sp³-hybridized carbons (Fsp3) is 0.100. The van der Waals surface area contributed by atoms with Crippen molar-refractivity contribution in [3.05, 3.63) is 179 Å². The van der Waals surface area contributed by atoms with Crippen molar-refractivity contribution in [3.63, 3.8) is 0 Å². The lowest BCUT2D eigenvalue weighted by Gasteiger charge is -2.21. The first-order valence-corrected chi connectivity index (χ1v) is 14.4. The van der Waals surface area contributed by atoms with E-state index in [4.69, 9.17) is 0 Å². The summed E-state index contributed by atoms with van der Waals surface area (Å²) < 4.78 is 0. The Labute approximate surface area is 244 Å². The molecule has 0 saturated heterocycles. The summed E-state index contributed by atoms with van der Waals surface area (Å²) in [5, 5.41) is 3.65. The van der Waals surface area contributed by atoms with Crippen LogP contribution >= 0.6 is 0 Å². The van der Waals surface area contributed by atoms with Crippen LogP contribution in [0.15, 0.2) is 151 Å². The lowest BCUT2D eigenvalue weighted by molar-refractivity contribution is 0.981. The van der Waals surface area contributed by atoms with Crippen LogP contribution in [0.2, 0.25) is 0 Å². The third kappa shape index (κ3) is 6.00. The molecule has 5 aromatic rings. The van der Waals surface area contributed by atoms with Gasteiger partial charge in [-0.25, -0.2) is 0 Å². The van der Waals surface area contributed by atoms with Crippen LogP contribution in [0.5, 0.6) is 0 Å². The van der Waals surface area contributed by atoms with Crippen LogP contribution in [0.1, 0.15) is 47.6 Å². The first-order chi connectivity index (χ1) is 20.2. The second-order valence-corrected chi connectivity index (χ2v) is 10.7. The average molecular weight is 530 g/mol. The number of hydrogen-bond acceptors (Lipinski definition) is 1. The zero-order valence-corrected chi connectivity index (χ0v) is 23.8. The van der Waals surface area contributed by atoms with Crippen LogP contribution in [-0.4, -0.2) is 0 Å². The van der Waals surface area contributed by atoms with Crippen LogP contribution in [0.25, 0.3) is 27.8 Å². The average Bonchev–Trinajstić information content (AvgIpc) is 3.03. The van der Waals surface area contributed by atoms with Crippen LogP contribution in [0.3, 0.4) is 0 Å². The first-order valence-electron chi connectivity index (χ1n) is 14.4. The summed E-state index contributed by atoms with van der Waals surface area (Å²) in [4.78, 5) is 0. The molecule has 6 rings (SSSR count). The maximum absolute atomic E-state index is 3.65. The fourth-order valence-electron chi connectivity index (χ4n) is 5.68. The molecule has 0 fully saturated rings. The van der Waals surface area contributed by atoms with Gasteiger partial charge in [0.2, 0.25) is 0 Å². The number of benzene rings is 5. The largest absolute Gasteiger partial charge is 0.359 e. The third-order valence-corrected chi connectivity index (χ3v) is 7.90. The summed E-state index contributed by atoms with van der Waals surface area (Å²) in [5.74, 6) is 0. The van der Waals surface area contributed by atoms with Gasteiger partial charge in [0, 0.05) is 11.4 Å². The molecule has 1 nitrogen and oxygen atoms in total. The van der Waals surface area contributed by atoms with Gasteiger partial charge in [0.15, 0.2) is 0 Å². The smallest absolute Gasteiger partial charge is 0.0382 e. The van der Waals surface area contributed by atoms with Gasteiger partial charge in [-0.2, -0.15) is 0 Å². The van der Waals surface area contributed by atoms with E-state index in [1.165, 1.54) is 61.4 Å². The number of hydrogen-bond donors (Lipinski definition) is 1. The maximum Gasteiger partial charge on any atom is 0.0382 e. The molecule has 0 heterocycles. The number of nitrogens with one attached hydrogen (secondary N) is 1. The predicted molar refractivity (Wildman–Crippen MR) is 176 cm³/mol. The van der Waals surface area contributed by atoms with E-state index in [1.807, 2.05) is 0 Å². The molecule has 0 atom stereocenters. The van der Waals surface area contributed by atoms with E-state index in [0.717, 1.165) is 18.5 Å². The minimum atomic E-state index is 0.979. The van der Waals surface area contributed by atoms with Crippen molar-refractivity contribution in [2.24, 2.45) is 0 Å². The SMILES string of the molecule is CC(=C(c1ccccc1)c1ccccc1)c1ccccc1C1=CC=C(Nc2ccc(-c3ccc(C)cc3)cc2)CC1. The van der Waals surface area contributed by atoms with E-state index in [-0.39, 0.29) is 0 Å². The lowest BCUT2D eigenvalue weighted by atomic mass is 9.85. The Morgan fingerprint density at radius 3 is 1.71 bits per heavy atom. The molecule has 1 N–H and O–H groups in total.